The van der Waals surface area contributed by atoms with Gasteiger partial charge in [0.15, 0.2) is 0 Å². The van der Waals surface area contributed by atoms with Crippen molar-refractivity contribution < 1.29 is 22.5 Å². The Bertz CT molecular complexity index is 653. The number of hydrogen-bond acceptors (Lipinski definition) is 5. The lowest BCUT2D eigenvalue weighted by Gasteiger charge is -2.22. The second-order valence-corrected chi connectivity index (χ2v) is 5.48. The molecule has 1 amide bonds. The topological polar surface area (TPSA) is 59.2 Å². The third-order valence-corrected chi connectivity index (χ3v) is 3.56. The molecule has 5 nitrogen and oxygen atoms in total. The van der Waals surface area contributed by atoms with E-state index in [2.05, 4.69) is 16.7 Å². The van der Waals surface area contributed by atoms with Gasteiger partial charge < -0.3 is 9.42 Å². The summed E-state index contributed by atoms with van der Waals surface area (Å²) in [5.74, 6) is -0.0328. The zero-order chi connectivity index (χ0) is 16.9. The molecule has 0 radical (unpaired) electrons. The Kier molecular flexibility index (Phi) is 5.54. The van der Waals surface area contributed by atoms with Crippen LogP contribution < -0.4 is 0 Å². The number of rotatable bonds is 7. The molecule has 124 valence electrons. The number of carbonyl (C=O) groups excluding carboxylic acids is 1. The summed E-state index contributed by atoms with van der Waals surface area (Å²) in [5, 5.41) is 7.48. The summed E-state index contributed by atoms with van der Waals surface area (Å²) in [6.45, 7) is 1.89. The summed E-state index contributed by atoms with van der Waals surface area (Å²) < 4.78 is 42.3. The van der Waals surface area contributed by atoms with Crippen LogP contribution in [-0.2, 0) is 11.2 Å². The van der Waals surface area contributed by atoms with Crippen LogP contribution in [0, 0.1) is 0 Å². The minimum atomic E-state index is -4.45. The molecule has 2 rings (SSSR count). The quantitative estimate of drug-likeness (QED) is 0.723. The third-order valence-electron chi connectivity index (χ3n) is 2.87. The molecule has 0 aromatic carbocycles. The SMILES string of the molecule is C=CCN(CC(F)(F)F)C(=O)CCc1nc(-c2ccsc2)no1. The maximum Gasteiger partial charge on any atom is 0.406 e. The fourth-order valence-electron chi connectivity index (χ4n) is 1.86. The second-order valence-electron chi connectivity index (χ2n) is 4.70. The number of amides is 1. The molecular formula is C14H14F3N3O2S. The van der Waals surface area contributed by atoms with E-state index in [0.717, 1.165) is 5.56 Å². The smallest absolute Gasteiger partial charge is 0.339 e. The summed E-state index contributed by atoms with van der Waals surface area (Å²) in [5.41, 5.74) is 0.793. The Morgan fingerprint density at radius 2 is 2.26 bits per heavy atom. The molecule has 9 heteroatoms. The number of nitrogens with zero attached hydrogens (tertiary/aromatic N) is 3. The van der Waals surface area contributed by atoms with E-state index in [1.807, 2.05) is 16.8 Å². The molecule has 0 spiro atoms. The van der Waals surface area contributed by atoms with Gasteiger partial charge in [-0.2, -0.15) is 29.5 Å². The number of aromatic nitrogens is 2. The van der Waals surface area contributed by atoms with Gasteiger partial charge in [-0.3, -0.25) is 4.79 Å². The molecule has 0 bridgehead atoms. The van der Waals surface area contributed by atoms with Crippen molar-refractivity contribution in [2.24, 2.45) is 0 Å². The van der Waals surface area contributed by atoms with Crippen LogP contribution in [0.1, 0.15) is 12.3 Å². The van der Waals surface area contributed by atoms with Gasteiger partial charge in [-0.05, 0) is 11.4 Å². The van der Waals surface area contributed by atoms with E-state index in [0.29, 0.717) is 10.7 Å². The molecule has 0 saturated carbocycles. The fourth-order valence-corrected chi connectivity index (χ4v) is 2.50. The van der Waals surface area contributed by atoms with E-state index in [4.69, 9.17) is 4.52 Å². The summed E-state index contributed by atoms with van der Waals surface area (Å²) in [6.07, 6.45) is -3.25. The molecule has 0 aliphatic heterocycles. The Balaban J connectivity index is 1.93. The molecule has 0 unspecified atom stereocenters. The first-order valence-electron chi connectivity index (χ1n) is 6.69. The minimum Gasteiger partial charge on any atom is -0.339 e. The van der Waals surface area contributed by atoms with Crippen molar-refractivity contribution in [3.05, 3.63) is 35.4 Å². The van der Waals surface area contributed by atoms with Crippen molar-refractivity contribution >= 4 is 17.2 Å². The van der Waals surface area contributed by atoms with Crippen LogP contribution in [0.5, 0.6) is 0 Å². The van der Waals surface area contributed by atoms with Gasteiger partial charge in [-0.15, -0.1) is 6.58 Å². The predicted molar refractivity (Wildman–Crippen MR) is 78.8 cm³/mol. The van der Waals surface area contributed by atoms with E-state index >= 15 is 0 Å². The van der Waals surface area contributed by atoms with Crippen molar-refractivity contribution in [3.63, 3.8) is 0 Å². The van der Waals surface area contributed by atoms with Crippen molar-refractivity contribution in [1.29, 1.82) is 0 Å². The average molecular weight is 345 g/mol. The van der Waals surface area contributed by atoms with Gasteiger partial charge in [0, 0.05) is 30.3 Å². The molecule has 0 saturated heterocycles. The van der Waals surface area contributed by atoms with Crippen LogP contribution in [0.2, 0.25) is 0 Å². The maximum atomic E-state index is 12.4. The van der Waals surface area contributed by atoms with Gasteiger partial charge in [0.1, 0.15) is 6.54 Å². The summed E-state index contributed by atoms with van der Waals surface area (Å²) in [4.78, 5) is 16.7. The highest BCUT2D eigenvalue weighted by Gasteiger charge is 2.32. The first-order chi connectivity index (χ1) is 10.9. The summed E-state index contributed by atoms with van der Waals surface area (Å²) in [7, 11) is 0. The summed E-state index contributed by atoms with van der Waals surface area (Å²) in [6, 6.07) is 1.82. The van der Waals surface area contributed by atoms with Crippen molar-refractivity contribution in [2.75, 3.05) is 13.1 Å². The van der Waals surface area contributed by atoms with E-state index in [1.54, 1.807) is 0 Å². The van der Waals surface area contributed by atoms with E-state index < -0.39 is 18.6 Å². The Morgan fingerprint density at radius 3 is 2.87 bits per heavy atom. The number of thiophene rings is 1. The molecule has 0 fully saturated rings. The molecular weight excluding hydrogens is 331 g/mol. The minimum absolute atomic E-state index is 0.0848. The monoisotopic (exact) mass is 345 g/mol. The Labute approximate surface area is 134 Å². The number of halogens is 3. The molecule has 23 heavy (non-hydrogen) atoms. The average Bonchev–Trinajstić information content (AvgIpc) is 3.13. The molecule has 2 aromatic rings. The largest absolute Gasteiger partial charge is 0.406 e. The van der Waals surface area contributed by atoms with Crippen LogP contribution in [0.15, 0.2) is 34.0 Å². The van der Waals surface area contributed by atoms with Crippen LogP contribution in [0.25, 0.3) is 11.4 Å². The van der Waals surface area contributed by atoms with Crippen molar-refractivity contribution in [1.82, 2.24) is 15.0 Å². The van der Waals surface area contributed by atoms with Gasteiger partial charge in [0.05, 0.1) is 0 Å². The van der Waals surface area contributed by atoms with Gasteiger partial charge >= 0.3 is 6.18 Å². The van der Waals surface area contributed by atoms with Gasteiger partial charge in [-0.25, -0.2) is 0 Å². The van der Waals surface area contributed by atoms with E-state index in [-0.39, 0.29) is 25.3 Å². The number of aryl methyl sites for hydroxylation is 1. The molecule has 0 aliphatic rings. The molecule has 0 N–H and O–H groups in total. The van der Waals surface area contributed by atoms with Crippen LogP contribution in [0.3, 0.4) is 0 Å². The highest BCUT2D eigenvalue weighted by Crippen LogP contribution is 2.20. The Hall–Kier alpha value is -2.16. The number of hydrogen-bond donors (Lipinski definition) is 0. The van der Waals surface area contributed by atoms with Crippen molar-refractivity contribution in [2.45, 2.75) is 19.0 Å². The zero-order valence-corrected chi connectivity index (χ0v) is 12.9. The highest BCUT2D eigenvalue weighted by molar-refractivity contribution is 7.08. The van der Waals surface area contributed by atoms with Gasteiger partial charge in [-0.1, -0.05) is 11.2 Å². The van der Waals surface area contributed by atoms with Crippen molar-refractivity contribution in [3.8, 4) is 11.4 Å². The zero-order valence-electron chi connectivity index (χ0n) is 12.0. The first kappa shape index (κ1) is 17.2. The number of alkyl halides is 3. The standard InChI is InChI=1S/C14H14F3N3O2S/c1-2-6-20(9-14(15,16)17)12(21)4-3-11-18-13(19-22-11)10-5-7-23-8-10/h2,5,7-8H,1,3-4,6,9H2. The lowest BCUT2D eigenvalue weighted by Crippen LogP contribution is -2.39. The van der Waals surface area contributed by atoms with Crippen LogP contribution >= 0.6 is 11.3 Å². The second kappa shape index (κ2) is 7.40. The molecule has 0 atom stereocenters. The summed E-state index contributed by atoms with van der Waals surface area (Å²) >= 11 is 1.48. The lowest BCUT2D eigenvalue weighted by molar-refractivity contribution is -0.160. The van der Waals surface area contributed by atoms with E-state index in [1.165, 1.54) is 17.4 Å². The molecule has 0 aliphatic carbocycles. The lowest BCUT2D eigenvalue weighted by atomic mass is 10.2. The van der Waals surface area contributed by atoms with Crippen LogP contribution in [0.4, 0.5) is 13.2 Å². The molecule has 2 aromatic heterocycles. The number of carbonyl (C=O) groups is 1. The first-order valence-corrected chi connectivity index (χ1v) is 7.64. The normalized spacial score (nSPS) is 11.4. The Morgan fingerprint density at radius 1 is 1.48 bits per heavy atom. The van der Waals surface area contributed by atoms with E-state index in [9.17, 15) is 18.0 Å². The van der Waals surface area contributed by atoms with Gasteiger partial charge in [0.2, 0.25) is 17.6 Å². The highest BCUT2D eigenvalue weighted by atomic mass is 32.1. The maximum absolute atomic E-state index is 12.4. The third kappa shape index (κ3) is 5.20. The van der Waals surface area contributed by atoms with Crippen LogP contribution in [-0.4, -0.2) is 40.2 Å². The van der Waals surface area contributed by atoms with Gasteiger partial charge in [0.25, 0.3) is 0 Å². The fraction of sp³-hybridized carbons (Fsp3) is 0.357. The molecule has 2 heterocycles. The predicted octanol–water partition coefficient (Wildman–Crippen LogP) is 3.31.